The van der Waals surface area contributed by atoms with Crippen LogP contribution in [-0.4, -0.2) is 4.98 Å². The normalized spacial score (nSPS) is 9.14. The summed E-state index contributed by atoms with van der Waals surface area (Å²) in [5, 5.41) is 0. The third-order valence-electron chi connectivity index (χ3n) is 1.95. The molecule has 0 saturated heterocycles. The fourth-order valence-electron chi connectivity index (χ4n) is 1.31. The summed E-state index contributed by atoms with van der Waals surface area (Å²) in [6.07, 6.45) is 2.75. The van der Waals surface area contributed by atoms with Crippen molar-refractivity contribution in [2.75, 3.05) is 0 Å². The van der Waals surface area contributed by atoms with Gasteiger partial charge in [0.25, 0.3) is 0 Å². The highest BCUT2D eigenvalue weighted by Crippen LogP contribution is 2.05. The average Bonchev–Trinajstić information content (AvgIpc) is 2.21. The lowest BCUT2D eigenvalue weighted by atomic mass is 10.1. The summed E-state index contributed by atoms with van der Waals surface area (Å²) in [4.78, 5) is 4.27. The molecule has 0 aliphatic carbocycles. The Hall–Kier alpha value is -1.15. The molecule has 2 aromatic rings. The van der Waals surface area contributed by atoms with Gasteiger partial charge >= 0.3 is 0 Å². The van der Waals surface area contributed by atoms with Crippen molar-refractivity contribution in [3.8, 4) is 0 Å². The Morgan fingerprint density at radius 3 is 2.21 bits per heavy atom. The predicted molar refractivity (Wildman–Crippen MR) is 63.8 cm³/mol. The minimum Gasteiger partial charge on any atom is -0.261 e. The van der Waals surface area contributed by atoms with Crippen LogP contribution in [-0.2, 0) is 6.42 Å². The molecule has 0 spiro atoms. The first-order chi connectivity index (χ1) is 6.45. The molecular weight excluding hydrogens is 238 g/mol. The number of benzene rings is 1. The standard InChI is InChI=1S/C12H11N.BrH/c1-2-6-11(7-3-1)10-12-8-4-5-9-13-12;/h1-9H,10H2;1H. The van der Waals surface area contributed by atoms with E-state index in [1.807, 2.05) is 30.5 Å². The topological polar surface area (TPSA) is 12.9 Å². The number of nitrogens with zero attached hydrogens (tertiary/aromatic N) is 1. The van der Waals surface area contributed by atoms with Crippen LogP contribution in [0.3, 0.4) is 0 Å². The molecular formula is C12H12BrN. The third kappa shape index (κ3) is 2.96. The molecule has 0 aliphatic rings. The number of aromatic nitrogens is 1. The van der Waals surface area contributed by atoms with Gasteiger partial charge < -0.3 is 0 Å². The maximum atomic E-state index is 4.27. The van der Waals surface area contributed by atoms with Gasteiger partial charge in [0.2, 0.25) is 0 Å². The van der Waals surface area contributed by atoms with E-state index < -0.39 is 0 Å². The number of hydrogen-bond acceptors (Lipinski definition) is 1. The summed E-state index contributed by atoms with van der Waals surface area (Å²) >= 11 is 0. The summed E-state index contributed by atoms with van der Waals surface area (Å²) in [6.45, 7) is 0. The van der Waals surface area contributed by atoms with Crippen LogP contribution >= 0.6 is 17.0 Å². The molecule has 2 rings (SSSR count). The Kier molecular flexibility index (Phi) is 4.33. The van der Waals surface area contributed by atoms with Crippen molar-refractivity contribution in [2.24, 2.45) is 0 Å². The van der Waals surface area contributed by atoms with Crippen molar-refractivity contribution < 1.29 is 0 Å². The Labute approximate surface area is 94.6 Å². The molecule has 0 N–H and O–H groups in total. The SMILES string of the molecule is Br.c1ccc(Cc2ccccn2)cc1. The van der Waals surface area contributed by atoms with Gasteiger partial charge in [0.15, 0.2) is 0 Å². The van der Waals surface area contributed by atoms with Crippen molar-refractivity contribution in [1.29, 1.82) is 0 Å². The van der Waals surface area contributed by atoms with Gasteiger partial charge in [-0.05, 0) is 17.7 Å². The van der Waals surface area contributed by atoms with E-state index in [-0.39, 0.29) is 17.0 Å². The monoisotopic (exact) mass is 249 g/mol. The first-order valence-corrected chi connectivity index (χ1v) is 4.39. The molecule has 0 atom stereocenters. The van der Waals surface area contributed by atoms with E-state index in [4.69, 9.17) is 0 Å². The second-order valence-electron chi connectivity index (χ2n) is 2.98. The molecule has 1 aromatic heterocycles. The van der Waals surface area contributed by atoms with Crippen LogP contribution in [0, 0.1) is 0 Å². The molecule has 0 bridgehead atoms. The molecule has 1 aromatic carbocycles. The molecule has 0 aliphatic heterocycles. The molecule has 14 heavy (non-hydrogen) atoms. The second kappa shape index (κ2) is 5.55. The molecule has 0 unspecified atom stereocenters. The maximum absolute atomic E-state index is 4.27. The summed E-state index contributed by atoms with van der Waals surface area (Å²) in [6, 6.07) is 16.4. The molecule has 2 heteroatoms. The second-order valence-corrected chi connectivity index (χ2v) is 2.98. The van der Waals surface area contributed by atoms with Crippen LogP contribution in [0.1, 0.15) is 11.3 Å². The molecule has 0 saturated carbocycles. The molecule has 0 fully saturated rings. The summed E-state index contributed by atoms with van der Waals surface area (Å²) in [5.41, 5.74) is 2.43. The highest BCUT2D eigenvalue weighted by atomic mass is 79.9. The Morgan fingerprint density at radius 2 is 1.57 bits per heavy atom. The largest absolute Gasteiger partial charge is 0.261 e. The van der Waals surface area contributed by atoms with E-state index in [1.165, 1.54) is 5.56 Å². The minimum absolute atomic E-state index is 0. The van der Waals surface area contributed by atoms with E-state index >= 15 is 0 Å². The lowest BCUT2D eigenvalue weighted by Gasteiger charge is -1.99. The zero-order valence-corrected chi connectivity index (χ0v) is 9.47. The van der Waals surface area contributed by atoms with E-state index in [9.17, 15) is 0 Å². The number of rotatable bonds is 2. The van der Waals surface area contributed by atoms with Gasteiger partial charge in [0.1, 0.15) is 0 Å². The smallest absolute Gasteiger partial charge is 0.0447 e. The van der Waals surface area contributed by atoms with Gasteiger partial charge in [-0.15, -0.1) is 17.0 Å². The van der Waals surface area contributed by atoms with Crippen molar-refractivity contribution in [3.05, 3.63) is 66.0 Å². The van der Waals surface area contributed by atoms with Gasteiger partial charge in [0, 0.05) is 18.3 Å². The van der Waals surface area contributed by atoms with Crippen LogP contribution in [0.15, 0.2) is 54.7 Å². The van der Waals surface area contributed by atoms with Crippen molar-refractivity contribution in [2.45, 2.75) is 6.42 Å². The molecule has 1 heterocycles. The molecule has 0 amide bonds. The van der Waals surface area contributed by atoms with E-state index in [1.54, 1.807) is 0 Å². The van der Waals surface area contributed by atoms with Crippen LogP contribution in [0.2, 0.25) is 0 Å². The zero-order valence-electron chi connectivity index (χ0n) is 7.76. The lowest BCUT2D eigenvalue weighted by molar-refractivity contribution is 1.07. The van der Waals surface area contributed by atoms with Crippen molar-refractivity contribution in [1.82, 2.24) is 4.98 Å². The van der Waals surface area contributed by atoms with Crippen LogP contribution < -0.4 is 0 Å². The van der Waals surface area contributed by atoms with Crippen LogP contribution in [0.4, 0.5) is 0 Å². The Balaban J connectivity index is 0.000000980. The highest BCUT2D eigenvalue weighted by molar-refractivity contribution is 8.93. The summed E-state index contributed by atoms with van der Waals surface area (Å²) in [7, 11) is 0. The fraction of sp³-hybridized carbons (Fsp3) is 0.0833. The quantitative estimate of drug-likeness (QED) is 0.797. The predicted octanol–water partition coefficient (Wildman–Crippen LogP) is 3.25. The maximum Gasteiger partial charge on any atom is 0.0447 e. The van der Waals surface area contributed by atoms with Gasteiger partial charge in [-0.25, -0.2) is 0 Å². The molecule has 0 radical (unpaired) electrons. The van der Waals surface area contributed by atoms with E-state index in [0.29, 0.717) is 0 Å². The third-order valence-corrected chi connectivity index (χ3v) is 1.95. The van der Waals surface area contributed by atoms with Gasteiger partial charge in [-0.1, -0.05) is 36.4 Å². The Morgan fingerprint density at radius 1 is 0.857 bits per heavy atom. The number of hydrogen-bond donors (Lipinski definition) is 0. The number of pyridine rings is 1. The summed E-state index contributed by atoms with van der Waals surface area (Å²) in [5.74, 6) is 0. The van der Waals surface area contributed by atoms with Crippen LogP contribution in [0.5, 0.6) is 0 Å². The van der Waals surface area contributed by atoms with Crippen molar-refractivity contribution >= 4 is 17.0 Å². The average molecular weight is 250 g/mol. The molecule has 72 valence electrons. The highest BCUT2D eigenvalue weighted by Gasteiger charge is 1.94. The summed E-state index contributed by atoms with van der Waals surface area (Å²) < 4.78 is 0. The molecule has 1 nitrogen and oxygen atoms in total. The van der Waals surface area contributed by atoms with Gasteiger partial charge in [-0.2, -0.15) is 0 Å². The van der Waals surface area contributed by atoms with Gasteiger partial charge in [0.05, 0.1) is 0 Å². The number of halogens is 1. The first-order valence-electron chi connectivity index (χ1n) is 4.39. The van der Waals surface area contributed by atoms with E-state index in [0.717, 1.165) is 12.1 Å². The first kappa shape index (κ1) is 10.9. The van der Waals surface area contributed by atoms with E-state index in [2.05, 4.69) is 29.2 Å². The Bertz CT molecular complexity index is 321. The lowest BCUT2D eigenvalue weighted by Crippen LogP contribution is -1.89. The minimum atomic E-state index is 0. The fourth-order valence-corrected chi connectivity index (χ4v) is 1.31. The zero-order chi connectivity index (χ0) is 8.93. The van der Waals surface area contributed by atoms with Crippen LogP contribution in [0.25, 0.3) is 0 Å². The van der Waals surface area contributed by atoms with Crippen molar-refractivity contribution in [3.63, 3.8) is 0 Å². The van der Waals surface area contributed by atoms with Gasteiger partial charge in [-0.3, -0.25) is 4.98 Å².